The Morgan fingerprint density at radius 1 is 1.06 bits per heavy atom. The first-order valence-corrected chi connectivity index (χ1v) is 10.8. The number of nitrogens with zero attached hydrogens (tertiary/aromatic N) is 5. The predicted molar refractivity (Wildman–Crippen MR) is 121 cm³/mol. The Morgan fingerprint density at radius 2 is 1.76 bits per heavy atom. The Bertz CT molecular complexity index is 1340. The molecule has 0 unspecified atom stereocenters. The van der Waals surface area contributed by atoms with Crippen LogP contribution in [0.3, 0.4) is 0 Å². The van der Waals surface area contributed by atoms with E-state index in [1.807, 2.05) is 31.2 Å². The minimum absolute atomic E-state index is 0.0203. The molecule has 7 nitrogen and oxygen atoms in total. The van der Waals surface area contributed by atoms with E-state index >= 15 is 0 Å². The highest BCUT2D eigenvalue weighted by Gasteiger charge is 2.35. The third-order valence-electron chi connectivity index (χ3n) is 5.10. The number of fused-ring (bicyclic) bond motifs is 1. The van der Waals surface area contributed by atoms with E-state index in [1.54, 1.807) is 10.7 Å². The van der Waals surface area contributed by atoms with Gasteiger partial charge in [0, 0.05) is 21.9 Å². The van der Waals surface area contributed by atoms with Gasteiger partial charge in [0.25, 0.3) is 0 Å². The lowest BCUT2D eigenvalue weighted by molar-refractivity contribution is -0.136. The zero-order chi connectivity index (χ0) is 23.9. The van der Waals surface area contributed by atoms with E-state index in [1.165, 1.54) is 18.5 Å². The highest BCUT2D eigenvalue weighted by Crippen LogP contribution is 2.36. The van der Waals surface area contributed by atoms with Gasteiger partial charge in [0.15, 0.2) is 11.5 Å². The van der Waals surface area contributed by atoms with E-state index < -0.39 is 17.6 Å². The molecule has 0 aliphatic carbocycles. The number of hydrogen-bond donors (Lipinski definition) is 1. The fourth-order valence-electron chi connectivity index (χ4n) is 3.62. The second-order valence-electron chi connectivity index (χ2n) is 7.75. The van der Waals surface area contributed by atoms with Crippen LogP contribution >= 0.6 is 15.9 Å². The molecule has 0 saturated carbocycles. The lowest BCUT2D eigenvalue weighted by Gasteiger charge is -2.10. The van der Waals surface area contributed by atoms with E-state index in [-0.39, 0.29) is 29.0 Å². The van der Waals surface area contributed by atoms with Crippen LogP contribution in [0.1, 0.15) is 28.2 Å². The molecule has 0 aliphatic rings. The largest absolute Gasteiger partial charge is 0.417 e. The normalized spacial score (nSPS) is 11.8. The molecule has 1 N–H and O–H groups in total. The van der Waals surface area contributed by atoms with Gasteiger partial charge in [-0.2, -0.15) is 23.4 Å². The zero-order valence-electron chi connectivity index (χ0n) is 18.0. The summed E-state index contributed by atoms with van der Waals surface area (Å²) < 4.78 is 44.4. The number of pyridine rings is 1. The molecule has 11 heteroatoms. The highest BCUT2D eigenvalue weighted by atomic mass is 79.9. The zero-order valence-corrected chi connectivity index (χ0v) is 19.6. The second-order valence-corrected chi connectivity index (χ2v) is 8.67. The molecule has 0 fully saturated rings. The predicted octanol–water partition coefficient (Wildman–Crippen LogP) is 5.02. The number of halogens is 4. The van der Waals surface area contributed by atoms with Crippen molar-refractivity contribution in [3.8, 4) is 0 Å². The summed E-state index contributed by atoms with van der Waals surface area (Å²) in [7, 11) is 0. The Morgan fingerprint density at radius 3 is 2.42 bits per heavy atom. The number of carbonyl (C=O) groups is 1. The van der Waals surface area contributed by atoms with Crippen molar-refractivity contribution in [2.45, 2.75) is 40.0 Å². The number of amides is 1. The Labute approximate surface area is 195 Å². The highest BCUT2D eigenvalue weighted by molar-refractivity contribution is 9.10. The van der Waals surface area contributed by atoms with Crippen molar-refractivity contribution >= 4 is 38.7 Å². The lowest BCUT2D eigenvalue weighted by atomic mass is 10.1. The summed E-state index contributed by atoms with van der Waals surface area (Å²) in [6.45, 7) is 5.05. The van der Waals surface area contributed by atoms with Gasteiger partial charge in [-0.1, -0.05) is 28.1 Å². The first-order valence-electron chi connectivity index (χ1n) is 10.0. The number of nitrogens with one attached hydrogen (secondary N) is 1. The van der Waals surface area contributed by atoms with Crippen LogP contribution in [0.5, 0.6) is 0 Å². The van der Waals surface area contributed by atoms with Gasteiger partial charge in [-0.25, -0.2) is 9.67 Å². The number of alkyl halides is 3. The van der Waals surface area contributed by atoms with E-state index in [0.717, 1.165) is 21.8 Å². The van der Waals surface area contributed by atoms with Crippen LogP contribution < -0.4 is 5.32 Å². The summed E-state index contributed by atoms with van der Waals surface area (Å²) in [5.74, 6) is -0.118. The van der Waals surface area contributed by atoms with Crippen LogP contribution in [0.25, 0.3) is 11.0 Å². The molecule has 3 heterocycles. The Hall–Kier alpha value is -3.21. The molecule has 0 radical (unpaired) electrons. The van der Waals surface area contributed by atoms with Crippen LogP contribution in [0, 0.1) is 20.8 Å². The van der Waals surface area contributed by atoms with Crippen LogP contribution in [0.4, 0.5) is 19.0 Å². The van der Waals surface area contributed by atoms with E-state index in [4.69, 9.17) is 0 Å². The quantitative estimate of drug-likeness (QED) is 0.400. The minimum atomic E-state index is -4.55. The number of benzene rings is 1. The van der Waals surface area contributed by atoms with Crippen molar-refractivity contribution in [3.05, 3.63) is 69.1 Å². The summed E-state index contributed by atoms with van der Waals surface area (Å²) in [6.07, 6.45) is -4.55. The van der Waals surface area contributed by atoms with Crippen LogP contribution in [-0.4, -0.2) is 30.5 Å². The second kappa shape index (κ2) is 8.62. The third-order valence-corrected chi connectivity index (χ3v) is 5.63. The molecule has 172 valence electrons. The standard InChI is InChI=1S/C22H20BrF3N6O/c1-12-8-17(22(24,25)26)20-14(3)29-32(21(20)27-12)11-19(33)28-18-9-13(2)31(30-18)10-15-4-6-16(23)7-5-15/h4-9H,10-11H2,1-3H3,(H,28,30,33). The molecule has 0 bridgehead atoms. The Balaban J connectivity index is 1.54. The summed E-state index contributed by atoms with van der Waals surface area (Å²) in [5.41, 5.74) is 1.46. The number of carbonyl (C=O) groups excluding carboxylic acids is 1. The minimum Gasteiger partial charge on any atom is -0.308 e. The maximum Gasteiger partial charge on any atom is 0.417 e. The molecule has 33 heavy (non-hydrogen) atoms. The fourth-order valence-corrected chi connectivity index (χ4v) is 3.89. The smallest absolute Gasteiger partial charge is 0.308 e. The first-order chi connectivity index (χ1) is 15.5. The maximum absolute atomic E-state index is 13.5. The summed E-state index contributed by atoms with van der Waals surface area (Å²) in [6, 6.07) is 10.5. The summed E-state index contributed by atoms with van der Waals surface area (Å²) in [5, 5.41) is 11.1. The van der Waals surface area contributed by atoms with E-state index in [2.05, 4.69) is 36.4 Å². The maximum atomic E-state index is 13.5. The molecule has 4 aromatic rings. The SMILES string of the molecule is Cc1cc(C(F)(F)F)c2c(C)nn(CC(=O)Nc3cc(C)n(Cc4ccc(Br)cc4)n3)c2n1. The fraction of sp³-hybridized carbons (Fsp3) is 0.273. The monoisotopic (exact) mass is 520 g/mol. The number of aryl methyl sites for hydroxylation is 3. The average molecular weight is 521 g/mol. The van der Waals surface area contributed by atoms with E-state index in [9.17, 15) is 18.0 Å². The van der Waals surface area contributed by atoms with Crippen LogP contribution in [0.2, 0.25) is 0 Å². The molecule has 3 aromatic heterocycles. The average Bonchev–Trinajstić information content (AvgIpc) is 3.21. The van der Waals surface area contributed by atoms with Gasteiger partial charge < -0.3 is 5.32 Å². The molecule has 4 rings (SSSR count). The van der Waals surface area contributed by atoms with Gasteiger partial charge in [0.2, 0.25) is 5.91 Å². The van der Waals surface area contributed by atoms with Crippen LogP contribution in [-0.2, 0) is 24.1 Å². The molecular weight excluding hydrogens is 501 g/mol. The van der Waals surface area contributed by atoms with Crippen molar-refractivity contribution in [2.75, 3.05) is 5.32 Å². The number of hydrogen-bond acceptors (Lipinski definition) is 4. The number of rotatable bonds is 5. The van der Waals surface area contributed by atoms with E-state index in [0.29, 0.717) is 12.4 Å². The van der Waals surface area contributed by atoms with Gasteiger partial charge in [0.05, 0.1) is 23.2 Å². The van der Waals surface area contributed by atoms with Gasteiger partial charge >= 0.3 is 6.18 Å². The van der Waals surface area contributed by atoms with Crippen molar-refractivity contribution in [2.24, 2.45) is 0 Å². The number of aromatic nitrogens is 5. The first kappa shape index (κ1) is 23.0. The Kier molecular flexibility index (Phi) is 6.00. The molecule has 0 aliphatic heterocycles. The van der Waals surface area contributed by atoms with Crippen molar-refractivity contribution in [1.82, 2.24) is 24.5 Å². The summed E-state index contributed by atoms with van der Waals surface area (Å²) >= 11 is 3.40. The molecular formula is C22H20BrF3N6O. The van der Waals surface area contributed by atoms with Gasteiger partial charge in [-0.15, -0.1) is 0 Å². The molecule has 1 amide bonds. The van der Waals surface area contributed by atoms with Gasteiger partial charge in [0.1, 0.15) is 6.54 Å². The van der Waals surface area contributed by atoms with Crippen molar-refractivity contribution in [3.63, 3.8) is 0 Å². The molecule has 1 aromatic carbocycles. The van der Waals surface area contributed by atoms with Crippen LogP contribution in [0.15, 0.2) is 40.9 Å². The van der Waals surface area contributed by atoms with Gasteiger partial charge in [-0.05, 0) is 44.5 Å². The van der Waals surface area contributed by atoms with Gasteiger partial charge in [-0.3, -0.25) is 9.48 Å². The molecule has 0 saturated heterocycles. The third kappa shape index (κ3) is 4.92. The molecule has 0 spiro atoms. The van der Waals surface area contributed by atoms with Crippen molar-refractivity contribution < 1.29 is 18.0 Å². The number of anilines is 1. The lowest BCUT2D eigenvalue weighted by Crippen LogP contribution is -2.20. The topological polar surface area (TPSA) is 77.6 Å². The van der Waals surface area contributed by atoms with Crippen molar-refractivity contribution in [1.29, 1.82) is 0 Å². The molecule has 0 atom stereocenters. The summed E-state index contributed by atoms with van der Waals surface area (Å²) in [4.78, 5) is 16.8.